The molecule has 156 valence electrons. The predicted molar refractivity (Wildman–Crippen MR) is 106 cm³/mol. The molecule has 9 heteroatoms. The molecule has 0 bridgehead atoms. The van der Waals surface area contributed by atoms with Crippen LogP contribution in [0.4, 0.5) is 0 Å². The van der Waals surface area contributed by atoms with Crippen molar-refractivity contribution in [2.75, 3.05) is 46.1 Å². The summed E-state index contributed by atoms with van der Waals surface area (Å²) in [5.74, 6) is 1.92. The van der Waals surface area contributed by atoms with Crippen molar-refractivity contribution in [3.63, 3.8) is 0 Å². The van der Waals surface area contributed by atoms with Crippen molar-refractivity contribution in [1.82, 2.24) is 9.21 Å². The normalized spacial score (nSPS) is 18.5. The highest BCUT2D eigenvalue weighted by Gasteiger charge is 2.29. The Kier molecular flexibility index (Phi) is 5.91. The third-order valence-corrected chi connectivity index (χ3v) is 6.88. The van der Waals surface area contributed by atoms with Crippen LogP contribution in [-0.2, 0) is 10.0 Å². The number of hydrogen-bond donors (Lipinski definition) is 1. The number of fused-ring (bicyclic) bond motifs is 1. The topological polar surface area (TPSA) is 88.5 Å². The zero-order valence-electron chi connectivity index (χ0n) is 15.9. The Balaban J connectivity index is 1.24. The Morgan fingerprint density at radius 1 is 1.00 bits per heavy atom. The maximum atomic E-state index is 12.7. The summed E-state index contributed by atoms with van der Waals surface area (Å²) in [4.78, 5) is 2.36. The number of hydrogen-bond acceptors (Lipinski definition) is 7. The summed E-state index contributed by atoms with van der Waals surface area (Å²) in [6, 6.07) is 13.7. The lowest BCUT2D eigenvalue weighted by atomic mass is 10.3. The van der Waals surface area contributed by atoms with Crippen molar-refractivity contribution in [1.29, 1.82) is 0 Å². The van der Waals surface area contributed by atoms with Crippen molar-refractivity contribution in [3.05, 3.63) is 48.5 Å². The molecule has 2 heterocycles. The van der Waals surface area contributed by atoms with Gasteiger partial charge in [-0.15, -0.1) is 0 Å². The molecule has 2 aromatic rings. The fraction of sp³-hybridized carbons (Fsp3) is 0.400. The minimum absolute atomic E-state index is 0.141. The predicted octanol–water partition coefficient (Wildman–Crippen LogP) is 1.16. The standard InChI is InChI=1S/C20H24N2O6S/c23-16(14-26-17-6-7-19-20(12-17)28-15-27-19)13-21-8-10-22(11-9-21)29(24,25)18-4-2-1-3-5-18/h1-7,12,16,23H,8-11,13-15H2. The van der Waals surface area contributed by atoms with E-state index in [9.17, 15) is 13.5 Å². The molecule has 1 unspecified atom stereocenters. The van der Waals surface area contributed by atoms with E-state index in [0.29, 0.717) is 54.9 Å². The Morgan fingerprint density at radius 2 is 1.72 bits per heavy atom. The van der Waals surface area contributed by atoms with Crippen LogP contribution in [0.2, 0.25) is 0 Å². The second-order valence-corrected chi connectivity index (χ2v) is 8.94. The van der Waals surface area contributed by atoms with Crippen LogP contribution in [0.3, 0.4) is 0 Å². The zero-order chi connectivity index (χ0) is 20.3. The summed E-state index contributed by atoms with van der Waals surface area (Å²) in [6.07, 6.45) is -0.683. The molecule has 0 saturated carbocycles. The summed E-state index contributed by atoms with van der Waals surface area (Å²) in [5.41, 5.74) is 0. The van der Waals surface area contributed by atoms with Crippen molar-refractivity contribution in [2.24, 2.45) is 0 Å². The summed E-state index contributed by atoms with van der Waals surface area (Å²) in [6.45, 7) is 2.68. The average molecular weight is 420 g/mol. The van der Waals surface area contributed by atoms with Crippen LogP contribution in [-0.4, -0.2) is 75.0 Å². The molecule has 2 aromatic carbocycles. The number of rotatable bonds is 7. The highest BCUT2D eigenvalue weighted by atomic mass is 32.2. The van der Waals surface area contributed by atoms with E-state index in [2.05, 4.69) is 0 Å². The van der Waals surface area contributed by atoms with Gasteiger partial charge in [-0.2, -0.15) is 4.31 Å². The summed E-state index contributed by atoms with van der Waals surface area (Å²) in [7, 11) is -3.47. The first-order chi connectivity index (χ1) is 14.0. The fourth-order valence-corrected chi connectivity index (χ4v) is 4.85. The molecule has 0 aromatic heterocycles. The molecule has 8 nitrogen and oxygen atoms in total. The van der Waals surface area contributed by atoms with Gasteiger partial charge in [0, 0.05) is 38.8 Å². The van der Waals surface area contributed by atoms with E-state index in [4.69, 9.17) is 14.2 Å². The number of aliphatic hydroxyl groups is 1. The first-order valence-electron chi connectivity index (χ1n) is 9.50. The van der Waals surface area contributed by atoms with E-state index in [1.165, 1.54) is 4.31 Å². The molecule has 2 aliphatic rings. The van der Waals surface area contributed by atoms with E-state index in [0.717, 1.165) is 0 Å². The molecular formula is C20H24N2O6S. The van der Waals surface area contributed by atoms with Gasteiger partial charge >= 0.3 is 0 Å². The number of sulfonamides is 1. The third kappa shape index (κ3) is 4.64. The van der Waals surface area contributed by atoms with Gasteiger partial charge in [-0.05, 0) is 24.3 Å². The molecule has 1 saturated heterocycles. The minimum atomic E-state index is -3.47. The van der Waals surface area contributed by atoms with Gasteiger partial charge in [0.05, 0.1) is 4.90 Å². The first-order valence-corrected chi connectivity index (χ1v) is 10.9. The van der Waals surface area contributed by atoms with E-state index in [-0.39, 0.29) is 13.4 Å². The first kappa shape index (κ1) is 20.0. The monoisotopic (exact) mass is 420 g/mol. The van der Waals surface area contributed by atoms with Crippen LogP contribution in [0, 0.1) is 0 Å². The number of benzene rings is 2. The van der Waals surface area contributed by atoms with Crippen LogP contribution in [0.15, 0.2) is 53.4 Å². The van der Waals surface area contributed by atoms with Crippen molar-refractivity contribution in [3.8, 4) is 17.2 Å². The lowest BCUT2D eigenvalue weighted by Gasteiger charge is -2.34. The van der Waals surface area contributed by atoms with Gasteiger partial charge in [-0.3, -0.25) is 4.90 Å². The third-order valence-electron chi connectivity index (χ3n) is 4.97. The highest BCUT2D eigenvalue weighted by Crippen LogP contribution is 2.35. The molecule has 0 amide bonds. The maximum absolute atomic E-state index is 12.7. The van der Waals surface area contributed by atoms with Crippen molar-refractivity contribution >= 4 is 10.0 Å². The van der Waals surface area contributed by atoms with E-state index in [1.54, 1.807) is 48.5 Å². The molecule has 1 fully saturated rings. The molecule has 2 aliphatic heterocycles. The summed E-state index contributed by atoms with van der Waals surface area (Å²) >= 11 is 0. The summed E-state index contributed by atoms with van der Waals surface area (Å²) in [5, 5.41) is 10.3. The molecule has 4 rings (SSSR count). The minimum Gasteiger partial charge on any atom is -0.491 e. The average Bonchev–Trinajstić information content (AvgIpc) is 3.21. The molecule has 1 atom stereocenters. The lowest BCUT2D eigenvalue weighted by Crippen LogP contribution is -2.50. The van der Waals surface area contributed by atoms with E-state index >= 15 is 0 Å². The van der Waals surface area contributed by atoms with Crippen molar-refractivity contribution < 1.29 is 27.7 Å². The number of β-amino-alcohol motifs (C(OH)–C–C–N with tert-alkyl or cyclic N) is 1. The smallest absolute Gasteiger partial charge is 0.243 e. The molecule has 0 aliphatic carbocycles. The van der Waals surface area contributed by atoms with Crippen LogP contribution in [0.5, 0.6) is 17.2 Å². The number of ether oxygens (including phenoxy) is 3. The Bertz CT molecular complexity index is 929. The van der Waals surface area contributed by atoms with Gasteiger partial charge in [0.2, 0.25) is 16.8 Å². The molecule has 0 radical (unpaired) electrons. The van der Waals surface area contributed by atoms with Crippen LogP contribution < -0.4 is 14.2 Å². The molecular weight excluding hydrogens is 396 g/mol. The van der Waals surface area contributed by atoms with Gasteiger partial charge in [-0.1, -0.05) is 18.2 Å². The van der Waals surface area contributed by atoms with Crippen LogP contribution in [0.1, 0.15) is 0 Å². The Hall–Kier alpha value is -2.33. The largest absolute Gasteiger partial charge is 0.491 e. The molecule has 29 heavy (non-hydrogen) atoms. The maximum Gasteiger partial charge on any atom is 0.243 e. The van der Waals surface area contributed by atoms with Gasteiger partial charge < -0.3 is 19.3 Å². The van der Waals surface area contributed by atoms with Crippen LogP contribution >= 0.6 is 0 Å². The Morgan fingerprint density at radius 3 is 2.48 bits per heavy atom. The van der Waals surface area contributed by atoms with Gasteiger partial charge in [0.25, 0.3) is 0 Å². The van der Waals surface area contributed by atoms with Gasteiger partial charge in [0.15, 0.2) is 11.5 Å². The SMILES string of the molecule is O=S(=O)(c1ccccc1)N1CCN(CC(O)COc2ccc3c(c2)OCO3)CC1. The Labute approximate surface area is 170 Å². The fourth-order valence-electron chi connectivity index (χ4n) is 3.40. The van der Waals surface area contributed by atoms with E-state index < -0.39 is 16.1 Å². The van der Waals surface area contributed by atoms with E-state index in [1.807, 2.05) is 4.90 Å². The summed E-state index contributed by atoms with van der Waals surface area (Å²) < 4.78 is 43.1. The van der Waals surface area contributed by atoms with Gasteiger partial charge in [-0.25, -0.2) is 8.42 Å². The van der Waals surface area contributed by atoms with Crippen molar-refractivity contribution in [2.45, 2.75) is 11.0 Å². The number of aliphatic hydroxyl groups excluding tert-OH is 1. The lowest BCUT2D eigenvalue weighted by molar-refractivity contribution is 0.0568. The molecule has 0 spiro atoms. The molecule has 1 N–H and O–H groups in total. The van der Waals surface area contributed by atoms with Crippen LogP contribution in [0.25, 0.3) is 0 Å². The second kappa shape index (κ2) is 8.58. The highest BCUT2D eigenvalue weighted by molar-refractivity contribution is 7.89. The number of nitrogens with zero attached hydrogens (tertiary/aromatic N) is 2. The second-order valence-electron chi connectivity index (χ2n) is 7.00. The van der Waals surface area contributed by atoms with Gasteiger partial charge in [0.1, 0.15) is 18.5 Å². The quantitative estimate of drug-likeness (QED) is 0.719. The zero-order valence-corrected chi connectivity index (χ0v) is 16.8. The number of piperazine rings is 1.